The number of carbonyl (C=O) groups is 1. The van der Waals surface area contributed by atoms with Gasteiger partial charge in [-0.05, 0) is 23.6 Å². The molecular formula is C24H28Cl2N4O. The van der Waals surface area contributed by atoms with Crippen molar-refractivity contribution >= 4 is 36.7 Å². The molecule has 164 valence electrons. The van der Waals surface area contributed by atoms with E-state index in [9.17, 15) is 4.79 Å². The molecule has 0 saturated heterocycles. The number of hydrogen-bond acceptors (Lipinski definition) is 4. The Morgan fingerprint density at radius 3 is 2.45 bits per heavy atom. The Labute approximate surface area is 196 Å². The zero-order valence-electron chi connectivity index (χ0n) is 17.7. The van der Waals surface area contributed by atoms with E-state index in [1.807, 2.05) is 23.1 Å². The first-order valence-electron chi connectivity index (χ1n) is 10.4. The third-order valence-electron chi connectivity index (χ3n) is 6.12. The monoisotopic (exact) mass is 458 g/mol. The van der Waals surface area contributed by atoms with Crippen molar-refractivity contribution in [3.63, 3.8) is 0 Å². The van der Waals surface area contributed by atoms with Crippen molar-refractivity contribution in [2.45, 2.75) is 26.4 Å². The molecule has 0 aliphatic carbocycles. The minimum Gasteiger partial charge on any atom is -0.314 e. The van der Waals surface area contributed by atoms with Crippen LogP contribution in [0.5, 0.6) is 0 Å². The summed E-state index contributed by atoms with van der Waals surface area (Å²) in [6.07, 6.45) is 0.908. The van der Waals surface area contributed by atoms with Crippen LogP contribution < -0.4 is 0 Å². The second kappa shape index (κ2) is 9.86. The molecule has 1 amide bonds. The molecule has 3 heterocycles. The van der Waals surface area contributed by atoms with Crippen molar-refractivity contribution in [2.24, 2.45) is 4.99 Å². The van der Waals surface area contributed by atoms with Gasteiger partial charge in [-0.3, -0.25) is 19.6 Å². The fourth-order valence-electron chi connectivity index (χ4n) is 4.55. The topological polar surface area (TPSA) is 39.2 Å². The van der Waals surface area contributed by atoms with Crippen LogP contribution in [0, 0.1) is 6.92 Å². The zero-order valence-corrected chi connectivity index (χ0v) is 19.3. The highest BCUT2D eigenvalue weighted by molar-refractivity contribution is 6.09. The van der Waals surface area contributed by atoms with Crippen LogP contribution in [0.3, 0.4) is 0 Å². The van der Waals surface area contributed by atoms with Gasteiger partial charge in [0.1, 0.15) is 0 Å². The molecule has 0 N–H and O–H groups in total. The first-order chi connectivity index (χ1) is 14.2. The van der Waals surface area contributed by atoms with E-state index in [0.29, 0.717) is 13.1 Å². The highest BCUT2D eigenvalue weighted by Crippen LogP contribution is 2.32. The van der Waals surface area contributed by atoms with Gasteiger partial charge in [0, 0.05) is 38.3 Å². The Kier molecular flexibility index (Phi) is 7.42. The van der Waals surface area contributed by atoms with Crippen LogP contribution in [0.1, 0.15) is 23.1 Å². The quantitative estimate of drug-likeness (QED) is 0.694. The molecule has 7 heteroatoms. The molecule has 3 aliphatic rings. The highest BCUT2D eigenvalue weighted by atomic mass is 35.5. The summed E-state index contributed by atoms with van der Waals surface area (Å²) in [7, 11) is 0. The molecule has 0 spiro atoms. The number of hydrogen-bond donors (Lipinski definition) is 0. The van der Waals surface area contributed by atoms with Gasteiger partial charge in [0.05, 0.1) is 18.7 Å². The van der Waals surface area contributed by atoms with E-state index in [4.69, 9.17) is 4.99 Å². The maximum atomic E-state index is 13.5. The maximum absolute atomic E-state index is 13.5. The number of aryl methyl sites for hydroxylation is 1. The molecule has 2 aromatic carbocycles. The number of amides is 1. The van der Waals surface area contributed by atoms with Crippen molar-refractivity contribution < 1.29 is 4.79 Å². The minimum absolute atomic E-state index is 0. The number of nitrogens with zero attached hydrogens (tertiary/aromatic N) is 4. The molecule has 0 unspecified atom stereocenters. The average molecular weight is 459 g/mol. The number of rotatable bonds is 4. The van der Waals surface area contributed by atoms with Crippen LogP contribution in [0.15, 0.2) is 70.9 Å². The van der Waals surface area contributed by atoms with Gasteiger partial charge in [-0.1, -0.05) is 54.6 Å². The Hall–Kier alpha value is -2.34. The molecular weight excluding hydrogens is 431 g/mol. The molecule has 0 atom stereocenters. The van der Waals surface area contributed by atoms with E-state index < -0.39 is 0 Å². The SMILES string of the molecule is Cc1ccccc1CN1C(=O)C2=C(CCN(Cc3ccccc3)C2)N2CCN=C12.Cl.Cl. The third kappa shape index (κ3) is 4.49. The summed E-state index contributed by atoms with van der Waals surface area (Å²) >= 11 is 0. The number of halogens is 2. The maximum Gasteiger partial charge on any atom is 0.259 e. The van der Waals surface area contributed by atoms with Crippen LogP contribution in [0.4, 0.5) is 0 Å². The molecule has 5 nitrogen and oxygen atoms in total. The highest BCUT2D eigenvalue weighted by Gasteiger charge is 2.40. The fraction of sp³-hybridized carbons (Fsp3) is 0.333. The molecule has 2 aromatic rings. The summed E-state index contributed by atoms with van der Waals surface area (Å²) in [6.45, 7) is 6.88. The van der Waals surface area contributed by atoms with Gasteiger partial charge in [-0.2, -0.15) is 0 Å². The second-order valence-corrected chi connectivity index (χ2v) is 8.02. The lowest BCUT2D eigenvalue weighted by atomic mass is 9.99. The minimum atomic E-state index is 0. The number of guanidine groups is 1. The van der Waals surface area contributed by atoms with Crippen LogP contribution in [0.25, 0.3) is 0 Å². The van der Waals surface area contributed by atoms with Crippen LogP contribution in [0.2, 0.25) is 0 Å². The average Bonchev–Trinajstić information content (AvgIpc) is 3.23. The van der Waals surface area contributed by atoms with Gasteiger partial charge in [0.25, 0.3) is 5.91 Å². The zero-order chi connectivity index (χ0) is 19.8. The normalized spacial score (nSPS) is 18.1. The lowest BCUT2D eigenvalue weighted by Crippen LogP contribution is -2.53. The first-order valence-corrected chi connectivity index (χ1v) is 10.4. The van der Waals surface area contributed by atoms with Crippen molar-refractivity contribution in [1.29, 1.82) is 0 Å². The fourth-order valence-corrected chi connectivity index (χ4v) is 4.55. The first kappa shape index (κ1) is 23.3. The summed E-state index contributed by atoms with van der Waals surface area (Å²) in [6, 6.07) is 18.8. The summed E-state index contributed by atoms with van der Waals surface area (Å²) in [4.78, 5) is 24.8. The van der Waals surface area contributed by atoms with Crippen molar-refractivity contribution in [3.05, 3.63) is 82.6 Å². The van der Waals surface area contributed by atoms with E-state index in [1.54, 1.807) is 0 Å². The lowest BCUT2D eigenvalue weighted by Gasteiger charge is -2.42. The molecule has 0 bridgehead atoms. The standard InChI is InChI=1S/C24H26N4O.2ClH/c1-18-7-5-6-10-20(18)16-28-23(29)21-17-26(15-19-8-3-2-4-9-19)13-11-22(21)27-14-12-25-24(27)28;;/h2-10H,11-17H2,1H3;2*1H. The Balaban J connectivity index is 0.00000136. The molecule has 0 saturated carbocycles. The smallest absolute Gasteiger partial charge is 0.259 e. The molecule has 3 aliphatic heterocycles. The van der Waals surface area contributed by atoms with Crippen molar-refractivity contribution in [2.75, 3.05) is 26.2 Å². The Morgan fingerprint density at radius 2 is 1.68 bits per heavy atom. The lowest BCUT2D eigenvalue weighted by molar-refractivity contribution is -0.125. The largest absolute Gasteiger partial charge is 0.314 e. The summed E-state index contributed by atoms with van der Waals surface area (Å²) in [5.74, 6) is 0.964. The van der Waals surface area contributed by atoms with E-state index in [-0.39, 0.29) is 30.7 Å². The summed E-state index contributed by atoms with van der Waals surface area (Å²) in [5.41, 5.74) is 5.81. The second-order valence-electron chi connectivity index (χ2n) is 8.02. The van der Waals surface area contributed by atoms with Gasteiger partial charge in [0.2, 0.25) is 5.96 Å². The van der Waals surface area contributed by atoms with Gasteiger partial charge < -0.3 is 4.90 Å². The molecule has 5 rings (SSSR count). The molecule has 0 radical (unpaired) electrons. The van der Waals surface area contributed by atoms with Gasteiger partial charge >= 0.3 is 0 Å². The molecule has 31 heavy (non-hydrogen) atoms. The van der Waals surface area contributed by atoms with Gasteiger partial charge in [0.15, 0.2) is 0 Å². The van der Waals surface area contributed by atoms with Crippen LogP contribution >= 0.6 is 24.8 Å². The van der Waals surface area contributed by atoms with E-state index >= 15 is 0 Å². The number of fused-ring (bicyclic) bond motifs is 2. The number of benzene rings is 2. The summed E-state index contributed by atoms with van der Waals surface area (Å²) in [5, 5.41) is 0. The Morgan fingerprint density at radius 1 is 0.935 bits per heavy atom. The molecule has 0 aromatic heterocycles. The van der Waals surface area contributed by atoms with Gasteiger partial charge in [-0.25, -0.2) is 0 Å². The predicted molar refractivity (Wildman–Crippen MR) is 129 cm³/mol. The molecule has 0 fully saturated rings. The third-order valence-corrected chi connectivity index (χ3v) is 6.12. The van der Waals surface area contributed by atoms with Gasteiger partial charge in [-0.15, -0.1) is 24.8 Å². The van der Waals surface area contributed by atoms with Crippen LogP contribution in [-0.4, -0.2) is 52.7 Å². The van der Waals surface area contributed by atoms with E-state index in [2.05, 4.69) is 53.1 Å². The number of aliphatic imine (C=N–C) groups is 1. The van der Waals surface area contributed by atoms with Crippen LogP contribution in [-0.2, 0) is 17.9 Å². The van der Waals surface area contributed by atoms with E-state index in [1.165, 1.54) is 22.4 Å². The van der Waals surface area contributed by atoms with E-state index in [0.717, 1.165) is 44.1 Å². The predicted octanol–water partition coefficient (Wildman–Crippen LogP) is 4.01. The van der Waals surface area contributed by atoms with Crippen molar-refractivity contribution in [3.8, 4) is 0 Å². The number of carbonyl (C=O) groups excluding carboxylic acids is 1. The van der Waals surface area contributed by atoms with Crippen molar-refractivity contribution in [1.82, 2.24) is 14.7 Å². The summed E-state index contributed by atoms with van der Waals surface area (Å²) < 4.78 is 0. The Bertz CT molecular complexity index is 1010.